The third-order valence-corrected chi connectivity index (χ3v) is 5.72. The molecule has 0 amide bonds. The van der Waals surface area contributed by atoms with E-state index >= 15 is 0 Å². The Morgan fingerprint density at radius 2 is 1.78 bits per heavy atom. The Balaban J connectivity index is 1.94. The van der Waals surface area contributed by atoms with E-state index in [-0.39, 0.29) is 11.3 Å². The predicted octanol–water partition coefficient (Wildman–Crippen LogP) is 5.43. The zero-order valence-electron chi connectivity index (χ0n) is 14.4. The fourth-order valence-electron chi connectivity index (χ4n) is 3.35. The minimum atomic E-state index is -0.618. The van der Waals surface area contributed by atoms with Gasteiger partial charge >= 0.3 is 5.63 Å². The van der Waals surface area contributed by atoms with E-state index in [1.807, 2.05) is 54.6 Å². The molecule has 0 fully saturated rings. The Morgan fingerprint density at radius 1 is 1.00 bits per heavy atom. The minimum absolute atomic E-state index is 0.0640. The molecule has 0 atom stereocenters. The first-order valence-corrected chi connectivity index (χ1v) is 9.30. The third-order valence-electron chi connectivity index (χ3n) is 4.65. The lowest BCUT2D eigenvalue weighted by molar-refractivity contribution is 0.101. The number of thiazole rings is 1. The number of aromatic nitrogens is 1. The third kappa shape index (κ3) is 2.47. The number of nitrogens with zero attached hydrogens (tertiary/aromatic N) is 1. The highest BCUT2D eigenvalue weighted by molar-refractivity contribution is 7.21. The highest BCUT2D eigenvalue weighted by atomic mass is 32.1. The van der Waals surface area contributed by atoms with Crippen LogP contribution in [0.1, 0.15) is 17.3 Å². The monoisotopic (exact) mass is 371 g/mol. The van der Waals surface area contributed by atoms with Gasteiger partial charge in [-0.05, 0) is 42.0 Å². The van der Waals surface area contributed by atoms with Gasteiger partial charge in [0, 0.05) is 5.39 Å². The smallest absolute Gasteiger partial charge is 0.347 e. The maximum atomic E-state index is 12.4. The molecule has 0 aliphatic heterocycles. The summed E-state index contributed by atoms with van der Waals surface area (Å²) in [6.45, 7) is 1.37. The van der Waals surface area contributed by atoms with Crippen LogP contribution in [0.4, 0.5) is 0 Å². The number of ketones is 1. The van der Waals surface area contributed by atoms with Crippen LogP contribution in [0.2, 0.25) is 0 Å². The number of carbonyl (C=O) groups excluding carboxylic acids is 1. The van der Waals surface area contributed by atoms with Crippen LogP contribution < -0.4 is 5.63 Å². The molecule has 5 rings (SSSR count). The van der Waals surface area contributed by atoms with Gasteiger partial charge in [-0.1, -0.05) is 36.4 Å². The van der Waals surface area contributed by atoms with Crippen LogP contribution in [0.15, 0.2) is 69.9 Å². The first-order chi connectivity index (χ1) is 13.1. The zero-order valence-corrected chi connectivity index (χ0v) is 15.2. The van der Waals surface area contributed by atoms with Gasteiger partial charge in [-0.25, -0.2) is 9.78 Å². The van der Waals surface area contributed by atoms with Gasteiger partial charge in [0.1, 0.15) is 16.2 Å². The lowest BCUT2D eigenvalue weighted by Gasteiger charge is -2.08. The fourth-order valence-corrected chi connectivity index (χ4v) is 4.33. The van der Waals surface area contributed by atoms with Crippen molar-refractivity contribution in [2.45, 2.75) is 6.92 Å². The van der Waals surface area contributed by atoms with Crippen LogP contribution in [0.3, 0.4) is 0 Å². The summed E-state index contributed by atoms with van der Waals surface area (Å²) in [6, 6.07) is 19.4. The van der Waals surface area contributed by atoms with Gasteiger partial charge < -0.3 is 4.42 Å². The van der Waals surface area contributed by atoms with Crippen molar-refractivity contribution in [1.82, 2.24) is 4.98 Å². The Bertz CT molecular complexity index is 1400. The second kappa shape index (κ2) is 5.86. The highest BCUT2D eigenvalue weighted by Crippen LogP contribution is 2.38. The molecule has 0 unspecified atom stereocenters. The minimum Gasteiger partial charge on any atom is -0.421 e. The van der Waals surface area contributed by atoms with Crippen molar-refractivity contribution >= 4 is 49.1 Å². The van der Waals surface area contributed by atoms with Gasteiger partial charge in [0.05, 0.1) is 15.8 Å². The summed E-state index contributed by atoms with van der Waals surface area (Å²) >= 11 is 1.55. The molecule has 0 aliphatic rings. The lowest BCUT2D eigenvalue weighted by atomic mass is 10.0. The summed E-state index contributed by atoms with van der Waals surface area (Å²) in [5, 5.41) is 3.46. The molecule has 0 saturated carbocycles. The molecule has 0 spiro atoms. The molecule has 2 aromatic heterocycles. The van der Waals surface area contributed by atoms with Crippen molar-refractivity contribution in [2.75, 3.05) is 0 Å². The number of hydrogen-bond donors (Lipinski definition) is 0. The molecule has 5 heteroatoms. The van der Waals surface area contributed by atoms with Gasteiger partial charge in [-0.2, -0.15) is 0 Å². The van der Waals surface area contributed by atoms with E-state index in [9.17, 15) is 9.59 Å². The lowest BCUT2D eigenvalue weighted by Crippen LogP contribution is -2.11. The van der Waals surface area contributed by atoms with E-state index in [1.54, 1.807) is 17.4 Å². The molecule has 27 heavy (non-hydrogen) atoms. The van der Waals surface area contributed by atoms with E-state index in [0.29, 0.717) is 5.58 Å². The van der Waals surface area contributed by atoms with Gasteiger partial charge in [0.2, 0.25) is 0 Å². The van der Waals surface area contributed by atoms with Crippen LogP contribution in [0.25, 0.3) is 42.5 Å². The van der Waals surface area contributed by atoms with Gasteiger partial charge in [0.25, 0.3) is 0 Å². The number of benzene rings is 3. The largest absolute Gasteiger partial charge is 0.421 e. The number of Topliss-reactive ketones (excluding diaryl/α,β-unsaturated/α-hetero) is 1. The Labute approximate surface area is 157 Å². The highest BCUT2D eigenvalue weighted by Gasteiger charge is 2.18. The van der Waals surface area contributed by atoms with Crippen LogP contribution in [0, 0.1) is 0 Å². The molecule has 0 N–H and O–H groups in total. The summed E-state index contributed by atoms with van der Waals surface area (Å²) < 4.78 is 6.70. The molecule has 5 aromatic rings. The average molecular weight is 371 g/mol. The van der Waals surface area contributed by atoms with Crippen molar-refractivity contribution in [3.05, 3.63) is 76.6 Å². The van der Waals surface area contributed by atoms with Gasteiger partial charge in [-0.3, -0.25) is 4.79 Å². The zero-order chi connectivity index (χ0) is 18.5. The van der Waals surface area contributed by atoms with E-state index in [2.05, 4.69) is 0 Å². The summed E-state index contributed by atoms with van der Waals surface area (Å²) in [5.41, 5.74) is 1.57. The summed E-state index contributed by atoms with van der Waals surface area (Å²) in [4.78, 5) is 28.9. The normalized spacial score (nSPS) is 11.4. The van der Waals surface area contributed by atoms with Crippen LogP contribution in [0.5, 0.6) is 0 Å². The molecular weight excluding hydrogens is 358 g/mol. The number of rotatable bonds is 2. The molecular formula is C22H13NO3S. The molecule has 0 bridgehead atoms. The molecule has 130 valence electrons. The standard InChI is InChI=1S/C22H13NO3S/c1-12(24)15-11-16-14-7-3-2-6-13(14)10-17(20(16)26-22(15)25)21-23-18-8-4-5-9-19(18)27-21/h2-11H,1H3. The Kier molecular flexibility index (Phi) is 3.45. The Hall–Kier alpha value is -3.31. The molecule has 2 heterocycles. The summed E-state index contributed by atoms with van der Waals surface area (Å²) in [7, 11) is 0. The molecule has 0 saturated heterocycles. The topological polar surface area (TPSA) is 60.2 Å². The fraction of sp³-hybridized carbons (Fsp3) is 0.0455. The number of hydrogen-bond acceptors (Lipinski definition) is 5. The number of fused-ring (bicyclic) bond motifs is 4. The molecule has 0 radical (unpaired) electrons. The summed E-state index contributed by atoms with van der Waals surface area (Å²) in [5.74, 6) is -0.305. The second-order valence-electron chi connectivity index (χ2n) is 6.38. The summed E-state index contributed by atoms with van der Waals surface area (Å²) in [6.07, 6.45) is 0. The first-order valence-electron chi connectivity index (χ1n) is 8.48. The molecule has 3 aromatic carbocycles. The quantitative estimate of drug-likeness (QED) is 0.236. The maximum absolute atomic E-state index is 12.4. The Morgan fingerprint density at radius 3 is 2.59 bits per heavy atom. The molecule has 4 nitrogen and oxygen atoms in total. The van der Waals surface area contributed by atoms with Crippen molar-refractivity contribution in [1.29, 1.82) is 0 Å². The number of carbonyl (C=O) groups is 1. The van der Waals surface area contributed by atoms with Gasteiger partial charge in [-0.15, -0.1) is 11.3 Å². The SMILES string of the molecule is CC(=O)c1cc2c(oc1=O)c(-c1nc3ccccc3s1)cc1ccccc12. The second-order valence-corrected chi connectivity index (χ2v) is 7.41. The van der Waals surface area contributed by atoms with Crippen molar-refractivity contribution < 1.29 is 9.21 Å². The van der Waals surface area contributed by atoms with Crippen molar-refractivity contribution in [3.63, 3.8) is 0 Å². The van der Waals surface area contributed by atoms with E-state index in [4.69, 9.17) is 9.40 Å². The van der Waals surface area contributed by atoms with Crippen LogP contribution >= 0.6 is 11.3 Å². The number of para-hydroxylation sites is 1. The van der Waals surface area contributed by atoms with Crippen molar-refractivity contribution in [3.8, 4) is 10.6 Å². The maximum Gasteiger partial charge on any atom is 0.347 e. The first kappa shape index (κ1) is 15.9. The van der Waals surface area contributed by atoms with Crippen LogP contribution in [-0.2, 0) is 0 Å². The molecule has 0 aliphatic carbocycles. The van der Waals surface area contributed by atoms with Crippen molar-refractivity contribution in [2.24, 2.45) is 0 Å². The van der Waals surface area contributed by atoms with E-state index in [0.717, 1.165) is 36.9 Å². The van der Waals surface area contributed by atoms with E-state index < -0.39 is 5.63 Å². The average Bonchev–Trinajstić information content (AvgIpc) is 3.10. The van der Waals surface area contributed by atoms with Gasteiger partial charge in [0.15, 0.2) is 5.78 Å². The predicted molar refractivity (Wildman–Crippen MR) is 109 cm³/mol. The van der Waals surface area contributed by atoms with E-state index in [1.165, 1.54) is 6.92 Å². The van der Waals surface area contributed by atoms with Crippen LogP contribution in [-0.4, -0.2) is 10.8 Å².